The number of hydrogen-bond donors (Lipinski definition) is 2. The minimum atomic E-state index is -3.83. The molecular weight excluding hydrogens is 426 g/mol. The van der Waals surface area contributed by atoms with Crippen molar-refractivity contribution in [3.05, 3.63) is 58.8 Å². The summed E-state index contributed by atoms with van der Waals surface area (Å²) in [6.07, 6.45) is 2.23. The molecule has 1 aliphatic rings. The average Bonchev–Trinajstić information content (AvgIpc) is 3.23. The Morgan fingerprint density at radius 1 is 1.12 bits per heavy atom. The first-order chi connectivity index (χ1) is 15.1. The molecule has 1 fully saturated rings. The number of aryl methyl sites for hydroxylation is 2. The van der Waals surface area contributed by atoms with Gasteiger partial charge in [0.2, 0.25) is 0 Å². The van der Waals surface area contributed by atoms with Crippen molar-refractivity contribution in [2.45, 2.75) is 39.0 Å². The Kier molecular flexibility index (Phi) is 5.58. The van der Waals surface area contributed by atoms with Crippen molar-refractivity contribution >= 4 is 38.3 Å². The lowest BCUT2D eigenvalue weighted by Crippen LogP contribution is -2.23. The monoisotopic (exact) mass is 453 g/mol. The van der Waals surface area contributed by atoms with Gasteiger partial charge in [0.25, 0.3) is 10.0 Å². The van der Waals surface area contributed by atoms with E-state index >= 15 is 0 Å². The summed E-state index contributed by atoms with van der Waals surface area (Å²) in [5, 5.41) is 10.0. The molecule has 2 heterocycles. The summed E-state index contributed by atoms with van der Waals surface area (Å²) in [6.45, 7) is 8.50. The Bertz CT molecular complexity index is 1310. The van der Waals surface area contributed by atoms with Crippen LogP contribution in [0.25, 0.3) is 10.9 Å². The van der Waals surface area contributed by atoms with Crippen LogP contribution in [-0.4, -0.2) is 37.6 Å². The molecule has 1 aromatic heterocycles. The van der Waals surface area contributed by atoms with Crippen LogP contribution in [0, 0.1) is 33.6 Å². The molecule has 2 N–H and O–H groups in total. The first-order valence-electron chi connectivity index (χ1n) is 10.6. The minimum absolute atomic E-state index is 0.306. The van der Waals surface area contributed by atoms with Gasteiger partial charge in [-0.2, -0.15) is 0 Å². The van der Waals surface area contributed by atoms with Crippen molar-refractivity contribution in [3.8, 4) is 0 Å². The Hall–Kier alpha value is -3.13. The molecular formula is C24H27N3O4S. The normalized spacial score (nSPS) is 16.5. The molecule has 1 atom stereocenters. The number of anilines is 2. The number of carboxylic acids is 1. The SMILES string of the molecule is Cc1cc(C)c(C)c(S(=O)(=O)Nc2ccc(N3CC[C@@H](C(=O)O)C3)c3ncccc23)c1C. The summed E-state index contributed by atoms with van der Waals surface area (Å²) < 4.78 is 29.7. The molecule has 0 aliphatic carbocycles. The second-order valence-corrected chi connectivity index (χ2v) is 10.1. The number of sulfonamides is 1. The highest BCUT2D eigenvalue weighted by Crippen LogP contribution is 2.35. The van der Waals surface area contributed by atoms with Gasteiger partial charge >= 0.3 is 5.97 Å². The van der Waals surface area contributed by atoms with Gasteiger partial charge in [-0.1, -0.05) is 6.07 Å². The second-order valence-electron chi connectivity index (χ2n) is 8.50. The third kappa shape index (κ3) is 3.79. The lowest BCUT2D eigenvalue weighted by molar-refractivity contribution is -0.140. The van der Waals surface area contributed by atoms with Crippen LogP contribution in [0.1, 0.15) is 28.7 Å². The molecule has 7 nitrogen and oxygen atoms in total. The van der Waals surface area contributed by atoms with Crippen LogP contribution in [0.4, 0.5) is 11.4 Å². The molecule has 0 amide bonds. The molecule has 1 saturated heterocycles. The molecule has 168 valence electrons. The number of aliphatic carboxylic acids is 1. The van der Waals surface area contributed by atoms with Crippen LogP contribution in [0.2, 0.25) is 0 Å². The Labute approximate surface area is 188 Å². The molecule has 32 heavy (non-hydrogen) atoms. The van der Waals surface area contributed by atoms with Crippen molar-refractivity contribution in [2.75, 3.05) is 22.7 Å². The van der Waals surface area contributed by atoms with E-state index in [9.17, 15) is 18.3 Å². The number of pyridine rings is 1. The number of nitrogens with one attached hydrogen (secondary N) is 1. The molecule has 8 heteroatoms. The summed E-state index contributed by atoms with van der Waals surface area (Å²) in [5.74, 6) is -1.21. The van der Waals surface area contributed by atoms with E-state index in [1.807, 2.05) is 50.8 Å². The lowest BCUT2D eigenvalue weighted by atomic mass is 10.0. The highest BCUT2D eigenvalue weighted by molar-refractivity contribution is 7.92. The Morgan fingerprint density at radius 3 is 2.44 bits per heavy atom. The van der Waals surface area contributed by atoms with Gasteiger partial charge in [0.1, 0.15) is 0 Å². The molecule has 0 radical (unpaired) electrons. The van der Waals surface area contributed by atoms with Gasteiger partial charge < -0.3 is 10.0 Å². The number of rotatable bonds is 5. The molecule has 0 saturated carbocycles. The van der Waals surface area contributed by atoms with E-state index in [2.05, 4.69) is 9.71 Å². The van der Waals surface area contributed by atoms with Crippen LogP contribution in [0.15, 0.2) is 41.4 Å². The highest BCUT2D eigenvalue weighted by atomic mass is 32.2. The van der Waals surface area contributed by atoms with Crippen molar-refractivity contribution in [3.63, 3.8) is 0 Å². The second kappa shape index (κ2) is 8.09. The van der Waals surface area contributed by atoms with Crippen LogP contribution >= 0.6 is 0 Å². The van der Waals surface area contributed by atoms with Crippen molar-refractivity contribution in [1.29, 1.82) is 0 Å². The largest absolute Gasteiger partial charge is 0.481 e. The number of fused-ring (bicyclic) bond motifs is 1. The van der Waals surface area contributed by atoms with E-state index in [1.165, 1.54) is 0 Å². The first kappa shape index (κ1) is 22.1. The van der Waals surface area contributed by atoms with E-state index in [0.29, 0.717) is 41.0 Å². The molecule has 3 aromatic rings. The van der Waals surface area contributed by atoms with Crippen LogP contribution in [0.3, 0.4) is 0 Å². The van der Waals surface area contributed by atoms with Crippen molar-refractivity contribution in [1.82, 2.24) is 4.98 Å². The summed E-state index contributed by atoms with van der Waals surface area (Å²) in [4.78, 5) is 18.2. The van der Waals surface area contributed by atoms with Crippen LogP contribution in [0.5, 0.6) is 0 Å². The van der Waals surface area contributed by atoms with E-state index < -0.39 is 21.9 Å². The number of benzene rings is 2. The summed E-state index contributed by atoms with van der Waals surface area (Å²) in [5.41, 5.74) is 5.23. The van der Waals surface area contributed by atoms with Crippen LogP contribution in [-0.2, 0) is 14.8 Å². The smallest absolute Gasteiger partial charge is 0.308 e. The average molecular weight is 454 g/mol. The fraction of sp³-hybridized carbons (Fsp3) is 0.333. The molecule has 0 unspecified atom stereocenters. The van der Waals surface area contributed by atoms with E-state index in [0.717, 1.165) is 27.9 Å². The predicted octanol–water partition coefficient (Wildman–Crippen LogP) is 4.18. The van der Waals surface area contributed by atoms with E-state index in [4.69, 9.17) is 0 Å². The summed E-state index contributed by atoms with van der Waals surface area (Å²) in [7, 11) is -3.83. The van der Waals surface area contributed by atoms with E-state index in [1.54, 1.807) is 18.3 Å². The maximum absolute atomic E-state index is 13.4. The molecule has 4 rings (SSSR count). The Balaban J connectivity index is 1.77. The first-order valence-corrected chi connectivity index (χ1v) is 12.0. The number of carboxylic acid groups (broad SMARTS) is 1. The zero-order valence-corrected chi connectivity index (χ0v) is 19.5. The van der Waals surface area contributed by atoms with Gasteiger partial charge in [0.05, 0.1) is 27.7 Å². The highest BCUT2D eigenvalue weighted by Gasteiger charge is 2.30. The zero-order valence-electron chi connectivity index (χ0n) is 18.6. The third-order valence-electron chi connectivity index (χ3n) is 6.44. The van der Waals surface area contributed by atoms with E-state index in [-0.39, 0.29) is 0 Å². The molecule has 0 spiro atoms. The number of carbonyl (C=O) groups is 1. The van der Waals surface area contributed by atoms with Crippen molar-refractivity contribution < 1.29 is 18.3 Å². The van der Waals surface area contributed by atoms with Gasteiger partial charge in [-0.3, -0.25) is 14.5 Å². The molecule has 2 aromatic carbocycles. The fourth-order valence-corrected chi connectivity index (χ4v) is 6.16. The number of aromatic nitrogens is 1. The standard InChI is InChI=1S/C24H27N3O4S/c1-14-12-15(2)17(4)23(16(14)3)32(30,31)26-20-7-8-21(22-19(20)6-5-10-25-22)27-11-9-18(13-27)24(28)29/h5-8,10,12,18,26H,9,11,13H2,1-4H3,(H,28,29)/t18-/m1/s1. The third-order valence-corrected chi connectivity index (χ3v) is 8.08. The van der Waals surface area contributed by atoms with Crippen LogP contribution < -0.4 is 9.62 Å². The molecule has 0 bridgehead atoms. The lowest BCUT2D eigenvalue weighted by Gasteiger charge is -2.22. The summed E-state index contributed by atoms with van der Waals surface area (Å²) in [6, 6.07) is 9.14. The minimum Gasteiger partial charge on any atom is -0.481 e. The fourth-order valence-electron chi connectivity index (χ4n) is 4.46. The topological polar surface area (TPSA) is 99.6 Å². The zero-order chi connectivity index (χ0) is 23.2. The number of nitrogens with zero attached hydrogens (tertiary/aromatic N) is 2. The summed E-state index contributed by atoms with van der Waals surface area (Å²) >= 11 is 0. The van der Waals surface area contributed by atoms with Gasteiger partial charge in [-0.15, -0.1) is 0 Å². The molecule has 1 aliphatic heterocycles. The van der Waals surface area contributed by atoms with Gasteiger partial charge in [0, 0.05) is 24.7 Å². The maximum Gasteiger partial charge on any atom is 0.308 e. The van der Waals surface area contributed by atoms with Gasteiger partial charge in [-0.05, 0) is 80.6 Å². The Morgan fingerprint density at radius 2 is 1.81 bits per heavy atom. The predicted molar refractivity (Wildman–Crippen MR) is 126 cm³/mol. The quantitative estimate of drug-likeness (QED) is 0.601. The van der Waals surface area contributed by atoms with Crippen molar-refractivity contribution in [2.24, 2.45) is 5.92 Å². The number of hydrogen-bond acceptors (Lipinski definition) is 5. The van der Waals surface area contributed by atoms with Gasteiger partial charge in [-0.25, -0.2) is 8.42 Å². The maximum atomic E-state index is 13.4. The van der Waals surface area contributed by atoms with Gasteiger partial charge in [0.15, 0.2) is 0 Å².